The van der Waals surface area contributed by atoms with Crippen molar-refractivity contribution in [1.29, 1.82) is 0 Å². The number of carbonyl (C=O) groups excluding carboxylic acids is 1. The molecule has 0 aliphatic carbocycles. The van der Waals surface area contributed by atoms with Crippen LogP contribution < -0.4 is 15.4 Å². The first kappa shape index (κ1) is 16.3. The van der Waals surface area contributed by atoms with Crippen LogP contribution in [0.1, 0.15) is 31.4 Å². The maximum Gasteiger partial charge on any atom is 0.315 e. The number of nitrogens with one attached hydrogen (secondary N) is 2. The molecule has 1 atom stereocenters. The number of aliphatic hydroxyl groups is 1. The maximum absolute atomic E-state index is 11.6. The molecule has 0 heterocycles. The summed E-state index contributed by atoms with van der Waals surface area (Å²) >= 11 is 0. The molecule has 0 unspecified atom stereocenters. The zero-order valence-corrected chi connectivity index (χ0v) is 12.4. The van der Waals surface area contributed by atoms with Gasteiger partial charge in [0.15, 0.2) is 0 Å². The average molecular weight is 280 g/mol. The van der Waals surface area contributed by atoms with Crippen LogP contribution in [-0.4, -0.2) is 30.4 Å². The number of benzene rings is 1. The monoisotopic (exact) mass is 280 g/mol. The van der Waals surface area contributed by atoms with Crippen molar-refractivity contribution >= 4 is 6.03 Å². The smallest absolute Gasteiger partial charge is 0.315 e. The summed E-state index contributed by atoms with van der Waals surface area (Å²) in [4.78, 5) is 11.6. The molecule has 0 bridgehead atoms. The fraction of sp³-hybridized carbons (Fsp3) is 0.533. The Morgan fingerprint density at radius 3 is 2.80 bits per heavy atom. The minimum absolute atomic E-state index is 0.0398. The van der Waals surface area contributed by atoms with Crippen LogP contribution >= 0.6 is 0 Å². The van der Waals surface area contributed by atoms with Gasteiger partial charge in [-0.25, -0.2) is 4.79 Å². The Hall–Kier alpha value is -1.75. The Morgan fingerprint density at radius 2 is 2.20 bits per heavy atom. The second-order valence-electron chi connectivity index (χ2n) is 4.77. The van der Waals surface area contributed by atoms with Gasteiger partial charge >= 0.3 is 6.03 Å². The predicted molar refractivity (Wildman–Crippen MR) is 78.9 cm³/mol. The number of aryl methyl sites for hydroxylation is 1. The molecule has 3 N–H and O–H groups in total. The number of aliphatic hydroxyl groups excluding tert-OH is 1. The van der Waals surface area contributed by atoms with Crippen LogP contribution in [0.25, 0.3) is 0 Å². The molecule has 112 valence electrons. The summed E-state index contributed by atoms with van der Waals surface area (Å²) in [5, 5.41) is 14.3. The van der Waals surface area contributed by atoms with E-state index in [0.717, 1.165) is 16.9 Å². The zero-order chi connectivity index (χ0) is 15.0. The maximum atomic E-state index is 11.6. The number of rotatable bonds is 7. The molecule has 0 saturated heterocycles. The molecule has 0 aromatic heterocycles. The third-order valence-corrected chi connectivity index (χ3v) is 2.93. The van der Waals surface area contributed by atoms with E-state index >= 15 is 0 Å². The van der Waals surface area contributed by atoms with Crippen LogP contribution in [0, 0.1) is 6.92 Å². The van der Waals surface area contributed by atoms with Gasteiger partial charge in [-0.3, -0.25) is 0 Å². The van der Waals surface area contributed by atoms with Crippen LogP contribution in [0.5, 0.6) is 5.75 Å². The molecule has 0 radical (unpaired) electrons. The lowest BCUT2D eigenvalue weighted by atomic mass is 10.1. The standard InChI is InChI=1S/C15H24N2O3/c1-4-20-14-6-5-13(9-11(14)2)10-16-15(19)17-12(3)7-8-18/h5-6,9,12,18H,4,7-8,10H2,1-3H3,(H2,16,17,19)/t12-/m1/s1. The Balaban J connectivity index is 2.45. The fourth-order valence-corrected chi connectivity index (χ4v) is 1.86. The summed E-state index contributed by atoms with van der Waals surface area (Å²) in [6.07, 6.45) is 0.551. The summed E-state index contributed by atoms with van der Waals surface area (Å²) in [5.74, 6) is 0.872. The molecule has 0 spiro atoms. The van der Waals surface area contributed by atoms with Crippen molar-refractivity contribution < 1.29 is 14.6 Å². The van der Waals surface area contributed by atoms with E-state index in [-0.39, 0.29) is 18.7 Å². The van der Waals surface area contributed by atoms with Crippen molar-refractivity contribution in [1.82, 2.24) is 10.6 Å². The van der Waals surface area contributed by atoms with Crippen LogP contribution in [0.2, 0.25) is 0 Å². The highest BCUT2D eigenvalue weighted by atomic mass is 16.5. The van der Waals surface area contributed by atoms with E-state index in [4.69, 9.17) is 9.84 Å². The Kier molecular flexibility index (Phi) is 6.87. The van der Waals surface area contributed by atoms with Gasteiger partial charge in [-0.2, -0.15) is 0 Å². The van der Waals surface area contributed by atoms with E-state index in [2.05, 4.69) is 10.6 Å². The van der Waals surface area contributed by atoms with E-state index in [1.807, 2.05) is 39.0 Å². The summed E-state index contributed by atoms with van der Waals surface area (Å²) in [5.41, 5.74) is 2.08. The topological polar surface area (TPSA) is 70.6 Å². The van der Waals surface area contributed by atoms with Gasteiger partial charge in [0.05, 0.1) is 6.61 Å². The van der Waals surface area contributed by atoms with E-state index in [1.54, 1.807) is 0 Å². The molecule has 0 saturated carbocycles. The third-order valence-electron chi connectivity index (χ3n) is 2.93. The lowest BCUT2D eigenvalue weighted by Crippen LogP contribution is -2.40. The van der Waals surface area contributed by atoms with E-state index in [0.29, 0.717) is 19.6 Å². The normalized spacial score (nSPS) is 11.8. The van der Waals surface area contributed by atoms with Gasteiger partial charge in [0.25, 0.3) is 0 Å². The minimum atomic E-state index is -0.225. The first-order valence-corrected chi connectivity index (χ1v) is 6.94. The lowest BCUT2D eigenvalue weighted by Gasteiger charge is -2.14. The molecule has 5 nitrogen and oxygen atoms in total. The number of hydrogen-bond donors (Lipinski definition) is 3. The summed E-state index contributed by atoms with van der Waals surface area (Å²) in [6, 6.07) is 5.60. The predicted octanol–water partition coefficient (Wildman–Crippen LogP) is 1.96. The van der Waals surface area contributed by atoms with E-state index in [9.17, 15) is 4.79 Å². The van der Waals surface area contributed by atoms with E-state index < -0.39 is 0 Å². The van der Waals surface area contributed by atoms with Gasteiger partial charge in [0.2, 0.25) is 0 Å². The molecule has 2 amide bonds. The molecular formula is C15H24N2O3. The van der Waals surface area contributed by atoms with Crippen molar-refractivity contribution in [2.24, 2.45) is 0 Å². The van der Waals surface area contributed by atoms with Gasteiger partial charge < -0.3 is 20.5 Å². The largest absolute Gasteiger partial charge is 0.494 e. The second kappa shape index (κ2) is 8.43. The highest BCUT2D eigenvalue weighted by molar-refractivity contribution is 5.74. The molecule has 0 aliphatic heterocycles. The van der Waals surface area contributed by atoms with Crippen molar-refractivity contribution in [3.8, 4) is 5.75 Å². The van der Waals surface area contributed by atoms with Crippen LogP contribution in [0.4, 0.5) is 4.79 Å². The van der Waals surface area contributed by atoms with Crippen molar-refractivity contribution in [3.05, 3.63) is 29.3 Å². The molecule has 1 rings (SSSR count). The molecule has 20 heavy (non-hydrogen) atoms. The number of amides is 2. The molecule has 5 heteroatoms. The highest BCUT2D eigenvalue weighted by Crippen LogP contribution is 2.18. The van der Waals surface area contributed by atoms with Crippen molar-refractivity contribution in [3.63, 3.8) is 0 Å². The Bertz CT molecular complexity index is 435. The first-order valence-electron chi connectivity index (χ1n) is 6.94. The molecule has 0 aliphatic rings. The summed E-state index contributed by atoms with van der Waals surface area (Å²) in [6.45, 7) is 6.97. The van der Waals surface area contributed by atoms with Crippen molar-refractivity contribution in [2.45, 2.75) is 39.8 Å². The highest BCUT2D eigenvalue weighted by Gasteiger charge is 2.06. The van der Waals surface area contributed by atoms with Gasteiger partial charge in [-0.05, 0) is 44.4 Å². The molecule has 1 aromatic rings. The summed E-state index contributed by atoms with van der Waals surface area (Å²) < 4.78 is 5.47. The third kappa shape index (κ3) is 5.48. The number of ether oxygens (including phenoxy) is 1. The number of urea groups is 1. The molecular weight excluding hydrogens is 256 g/mol. The zero-order valence-electron chi connectivity index (χ0n) is 12.4. The van der Waals surface area contributed by atoms with Crippen LogP contribution in [0.15, 0.2) is 18.2 Å². The Morgan fingerprint density at radius 1 is 1.45 bits per heavy atom. The van der Waals surface area contributed by atoms with Gasteiger partial charge in [-0.15, -0.1) is 0 Å². The van der Waals surface area contributed by atoms with E-state index in [1.165, 1.54) is 0 Å². The fourth-order valence-electron chi connectivity index (χ4n) is 1.86. The van der Waals surface area contributed by atoms with Gasteiger partial charge in [-0.1, -0.05) is 12.1 Å². The van der Waals surface area contributed by atoms with Gasteiger partial charge in [0.1, 0.15) is 5.75 Å². The average Bonchev–Trinajstić information content (AvgIpc) is 2.39. The number of carbonyl (C=O) groups is 1. The SMILES string of the molecule is CCOc1ccc(CNC(=O)N[C@H](C)CCO)cc1C. The van der Waals surface area contributed by atoms with Gasteiger partial charge in [0, 0.05) is 19.2 Å². The van der Waals surface area contributed by atoms with Crippen LogP contribution in [-0.2, 0) is 6.54 Å². The van der Waals surface area contributed by atoms with Crippen LogP contribution in [0.3, 0.4) is 0 Å². The minimum Gasteiger partial charge on any atom is -0.494 e. The number of hydrogen-bond acceptors (Lipinski definition) is 3. The second-order valence-corrected chi connectivity index (χ2v) is 4.77. The quantitative estimate of drug-likeness (QED) is 0.715. The lowest BCUT2D eigenvalue weighted by molar-refractivity contribution is 0.230. The first-order chi connectivity index (χ1) is 9.56. The van der Waals surface area contributed by atoms with Crippen molar-refractivity contribution in [2.75, 3.05) is 13.2 Å². The molecule has 1 aromatic carbocycles. The Labute approximate surface area is 120 Å². The summed E-state index contributed by atoms with van der Waals surface area (Å²) in [7, 11) is 0. The molecule has 0 fully saturated rings.